The summed E-state index contributed by atoms with van der Waals surface area (Å²) in [6.07, 6.45) is 1.98. The van der Waals surface area contributed by atoms with Crippen molar-refractivity contribution in [2.75, 3.05) is 37.4 Å². The smallest absolute Gasteiger partial charge is 0.212 e. The predicted molar refractivity (Wildman–Crippen MR) is 62.5 cm³/mol. The molecule has 1 atom stereocenters. The summed E-state index contributed by atoms with van der Waals surface area (Å²) >= 11 is 0. The Labute approximate surface area is 96.8 Å². The highest BCUT2D eigenvalue weighted by molar-refractivity contribution is 7.93. The molecule has 1 aliphatic rings. The first kappa shape index (κ1) is 13.9. The van der Waals surface area contributed by atoms with Crippen LogP contribution in [0.25, 0.3) is 0 Å². The Bertz CT molecular complexity index is 409. The van der Waals surface area contributed by atoms with E-state index in [0.717, 1.165) is 25.8 Å². The molecular formula is C8H18N2O4S2. The Hall–Kier alpha value is -0.180. The van der Waals surface area contributed by atoms with E-state index in [0.29, 0.717) is 12.5 Å². The van der Waals surface area contributed by atoms with Crippen molar-refractivity contribution in [2.45, 2.75) is 6.42 Å². The van der Waals surface area contributed by atoms with E-state index in [2.05, 4.69) is 10.0 Å². The van der Waals surface area contributed by atoms with E-state index >= 15 is 0 Å². The van der Waals surface area contributed by atoms with Gasteiger partial charge in [0.1, 0.15) is 9.84 Å². The number of hydrogen-bond donors (Lipinski definition) is 2. The zero-order chi connectivity index (χ0) is 12.2. The van der Waals surface area contributed by atoms with Crippen LogP contribution in [0.2, 0.25) is 0 Å². The highest BCUT2D eigenvalue weighted by Crippen LogP contribution is 2.05. The van der Waals surface area contributed by atoms with Crippen LogP contribution in [0, 0.1) is 5.92 Å². The third-order valence-electron chi connectivity index (χ3n) is 2.48. The molecule has 0 aromatic heterocycles. The Morgan fingerprint density at radius 1 is 1.25 bits per heavy atom. The molecule has 96 valence electrons. The summed E-state index contributed by atoms with van der Waals surface area (Å²) < 4.78 is 47.0. The van der Waals surface area contributed by atoms with Crippen LogP contribution in [0.3, 0.4) is 0 Å². The third-order valence-corrected chi connectivity index (χ3v) is 5.03. The lowest BCUT2D eigenvalue weighted by atomic mass is 10.1. The fourth-order valence-electron chi connectivity index (χ4n) is 1.47. The first-order valence-electron chi connectivity index (χ1n) is 5.14. The molecule has 1 fully saturated rings. The molecule has 1 unspecified atom stereocenters. The third kappa shape index (κ3) is 5.78. The molecule has 1 saturated heterocycles. The zero-order valence-corrected chi connectivity index (χ0v) is 10.9. The van der Waals surface area contributed by atoms with Gasteiger partial charge < -0.3 is 5.32 Å². The van der Waals surface area contributed by atoms with Crippen LogP contribution >= 0.6 is 0 Å². The van der Waals surface area contributed by atoms with E-state index in [-0.39, 0.29) is 11.5 Å². The van der Waals surface area contributed by atoms with Crippen LogP contribution in [-0.2, 0) is 19.9 Å². The molecule has 0 radical (unpaired) electrons. The molecule has 0 aromatic rings. The standard InChI is InChI=1S/C8H18N2O4S2/c1-15(11,12)4-5-16(13,14)10-7-8-2-3-9-6-8/h8-10H,2-7H2,1H3. The molecule has 0 amide bonds. The lowest BCUT2D eigenvalue weighted by Gasteiger charge is -2.10. The number of hydrogen-bond acceptors (Lipinski definition) is 5. The molecule has 0 bridgehead atoms. The summed E-state index contributed by atoms with van der Waals surface area (Å²) in [6, 6.07) is 0. The van der Waals surface area contributed by atoms with E-state index in [9.17, 15) is 16.8 Å². The van der Waals surface area contributed by atoms with Crippen molar-refractivity contribution in [3.05, 3.63) is 0 Å². The second kappa shape index (κ2) is 5.44. The summed E-state index contributed by atoms with van der Waals surface area (Å²) in [6.45, 7) is 2.11. The van der Waals surface area contributed by atoms with Crippen LogP contribution in [-0.4, -0.2) is 54.2 Å². The minimum Gasteiger partial charge on any atom is -0.316 e. The van der Waals surface area contributed by atoms with E-state index in [1.165, 1.54) is 0 Å². The van der Waals surface area contributed by atoms with Crippen LogP contribution < -0.4 is 10.0 Å². The van der Waals surface area contributed by atoms with Crippen molar-refractivity contribution < 1.29 is 16.8 Å². The molecule has 16 heavy (non-hydrogen) atoms. The normalized spacial score (nSPS) is 22.4. The van der Waals surface area contributed by atoms with Gasteiger partial charge in [0.15, 0.2) is 0 Å². The quantitative estimate of drug-likeness (QED) is 0.617. The van der Waals surface area contributed by atoms with Crippen LogP contribution in [0.5, 0.6) is 0 Å². The minimum absolute atomic E-state index is 0.313. The molecule has 0 saturated carbocycles. The maximum Gasteiger partial charge on any atom is 0.212 e. The van der Waals surface area contributed by atoms with Gasteiger partial charge in [-0.3, -0.25) is 0 Å². The minimum atomic E-state index is -3.46. The van der Waals surface area contributed by atoms with Crippen molar-refractivity contribution in [3.8, 4) is 0 Å². The molecular weight excluding hydrogens is 252 g/mol. The molecule has 8 heteroatoms. The van der Waals surface area contributed by atoms with Gasteiger partial charge in [0.25, 0.3) is 0 Å². The maximum absolute atomic E-state index is 11.4. The molecule has 0 aromatic carbocycles. The summed E-state index contributed by atoms with van der Waals surface area (Å²) in [5, 5.41) is 3.13. The lowest BCUT2D eigenvalue weighted by Crippen LogP contribution is -2.34. The molecule has 2 N–H and O–H groups in total. The van der Waals surface area contributed by atoms with Gasteiger partial charge in [0, 0.05) is 12.8 Å². The van der Waals surface area contributed by atoms with E-state index in [1.54, 1.807) is 0 Å². The monoisotopic (exact) mass is 270 g/mol. The van der Waals surface area contributed by atoms with Crippen LogP contribution in [0.4, 0.5) is 0 Å². The fourth-order valence-corrected chi connectivity index (χ4v) is 4.19. The van der Waals surface area contributed by atoms with Gasteiger partial charge >= 0.3 is 0 Å². The molecule has 0 aliphatic carbocycles. The van der Waals surface area contributed by atoms with Gasteiger partial charge in [-0.2, -0.15) is 0 Å². The summed E-state index contributed by atoms with van der Waals surface area (Å²) in [4.78, 5) is 0. The topological polar surface area (TPSA) is 92.3 Å². The van der Waals surface area contributed by atoms with Crippen molar-refractivity contribution in [1.82, 2.24) is 10.0 Å². The van der Waals surface area contributed by atoms with Gasteiger partial charge in [-0.25, -0.2) is 21.6 Å². The molecule has 0 spiro atoms. The van der Waals surface area contributed by atoms with Gasteiger partial charge in [0.05, 0.1) is 11.5 Å². The van der Waals surface area contributed by atoms with Gasteiger partial charge in [-0.05, 0) is 25.4 Å². The molecule has 1 heterocycles. The van der Waals surface area contributed by atoms with Gasteiger partial charge in [-0.1, -0.05) is 0 Å². The predicted octanol–water partition coefficient (Wildman–Crippen LogP) is -1.44. The van der Waals surface area contributed by atoms with E-state index in [1.807, 2.05) is 0 Å². The number of rotatable bonds is 6. The van der Waals surface area contributed by atoms with Crippen LogP contribution in [0.15, 0.2) is 0 Å². The second-order valence-corrected chi connectivity index (χ2v) is 8.34. The van der Waals surface area contributed by atoms with Crippen molar-refractivity contribution >= 4 is 19.9 Å². The second-order valence-electron chi connectivity index (χ2n) is 4.16. The van der Waals surface area contributed by atoms with Crippen molar-refractivity contribution in [3.63, 3.8) is 0 Å². The lowest BCUT2D eigenvalue weighted by molar-refractivity contribution is 0.539. The Morgan fingerprint density at radius 3 is 2.44 bits per heavy atom. The SMILES string of the molecule is CS(=O)(=O)CCS(=O)(=O)NCC1CCNC1. The molecule has 1 aliphatic heterocycles. The van der Waals surface area contributed by atoms with Crippen molar-refractivity contribution in [1.29, 1.82) is 0 Å². The summed E-state index contributed by atoms with van der Waals surface area (Å²) in [5.41, 5.74) is 0. The molecule has 1 rings (SSSR count). The average molecular weight is 270 g/mol. The first-order valence-corrected chi connectivity index (χ1v) is 8.85. The number of nitrogens with one attached hydrogen (secondary N) is 2. The largest absolute Gasteiger partial charge is 0.316 e. The van der Waals surface area contributed by atoms with Gasteiger partial charge in [-0.15, -0.1) is 0 Å². The number of sulfone groups is 1. The highest BCUT2D eigenvalue weighted by atomic mass is 32.2. The highest BCUT2D eigenvalue weighted by Gasteiger charge is 2.19. The fraction of sp³-hybridized carbons (Fsp3) is 1.00. The maximum atomic E-state index is 11.4. The average Bonchev–Trinajstić information content (AvgIpc) is 2.64. The Balaban J connectivity index is 2.33. The van der Waals surface area contributed by atoms with Gasteiger partial charge in [0.2, 0.25) is 10.0 Å². The summed E-state index contributed by atoms with van der Waals surface area (Å²) in [7, 11) is -6.69. The zero-order valence-electron chi connectivity index (χ0n) is 9.27. The van der Waals surface area contributed by atoms with Crippen molar-refractivity contribution in [2.24, 2.45) is 5.92 Å². The van der Waals surface area contributed by atoms with E-state index in [4.69, 9.17) is 0 Å². The molecule has 6 nitrogen and oxygen atoms in total. The van der Waals surface area contributed by atoms with Crippen LogP contribution in [0.1, 0.15) is 6.42 Å². The first-order chi connectivity index (χ1) is 7.29. The Morgan fingerprint density at radius 2 is 1.94 bits per heavy atom. The Kier molecular flexibility index (Phi) is 4.72. The summed E-state index contributed by atoms with van der Waals surface area (Å²) in [5.74, 6) is -0.370. The number of sulfonamides is 1. The van der Waals surface area contributed by atoms with E-state index < -0.39 is 19.9 Å².